The van der Waals surface area contributed by atoms with Gasteiger partial charge in [0.25, 0.3) is 5.91 Å². The third-order valence-electron chi connectivity index (χ3n) is 6.32. The Balaban J connectivity index is 1.54. The second-order valence-electron chi connectivity index (χ2n) is 8.17. The molecule has 0 atom stereocenters. The van der Waals surface area contributed by atoms with Crippen LogP contribution in [0.1, 0.15) is 54.4 Å². The molecule has 4 bridgehead atoms. The summed E-state index contributed by atoms with van der Waals surface area (Å²) in [6.07, 6.45) is 10.3. The maximum absolute atomic E-state index is 12.9. The largest absolute Gasteiger partial charge is 0.496 e. The van der Waals surface area contributed by atoms with E-state index in [4.69, 9.17) is 4.74 Å². The maximum atomic E-state index is 12.9. The summed E-state index contributed by atoms with van der Waals surface area (Å²) >= 11 is 0. The summed E-state index contributed by atoms with van der Waals surface area (Å²) in [5, 5.41) is 3.44. The van der Waals surface area contributed by atoms with E-state index in [9.17, 15) is 4.79 Å². The molecule has 128 valence electrons. The molecule has 1 aromatic rings. The number of nitrogens with one attached hydrogen (secondary N) is 1. The summed E-state index contributed by atoms with van der Waals surface area (Å²) in [5.41, 5.74) is 1.82. The zero-order valence-electron chi connectivity index (χ0n) is 14.5. The van der Waals surface area contributed by atoms with E-state index in [0.717, 1.165) is 34.6 Å². The number of amides is 1. The van der Waals surface area contributed by atoms with E-state index in [1.54, 1.807) is 7.11 Å². The Morgan fingerprint density at radius 2 is 1.88 bits per heavy atom. The van der Waals surface area contributed by atoms with Crippen LogP contribution in [0.25, 0.3) is 0 Å². The molecule has 3 heteroatoms. The average molecular weight is 325 g/mol. The van der Waals surface area contributed by atoms with Crippen LogP contribution in [-0.4, -0.2) is 18.6 Å². The van der Waals surface area contributed by atoms with Gasteiger partial charge in [0.2, 0.25) is 0 Å². The van der Waals surface area contributed by atoms with Gasteiger partial charge in [-0.15, -0.1) is 6.58 Å². The maximum Gasteiger partial charge on any atom is 0.251 e. The van der Waals surface area contributed by atoms with Crippen LogP contribution in [-0.2, 0) is 6.42 Å². The van der Waals surface area contributed by atoms with E-state index < -0.39 is 0 Å². The smallest absolute Gasteiger partial charge is 0.251 e. The van der Waals surface area contributed by atoms with Crippen LogP contribution in [0.3, 0.4) is 0 Å². The van der Waals surface area contributed by atoms with Gasteiger partial charge in [0.1, 0.15) is 5.75 Å². The number of methoxy groups -OCH3 is 1. The molecule has 0 saturated heterocycles. The number of carbonyl (C=O) groups is 1. The molecule has 0 aliphatic heterocycles. The SMILES string of the molecule is C=CCc1cc(C(=O)NC23CC4CC(CC(C4)C2)C3)ccc1OC. The van der Waals surface area contributed by atoms with Crippen molar-refractivity contribution >= 4 is 5.91 Å². The van der Waals surface area contributed by atoms with E-state index in [1.165, 1.54) is 38.5 Å². The molecule has 0 aromatic heterocycles. The quantitative estimate of drug-likeness (QED) is 0.827. The van der Waals surface area contributed by atoms with Crippen molar-refractivity contribution in [3.8, 4) is 5.75 Å². The monoisotopic (exact) mass is 325 g/mol. The van der Waals surface area contributed by atoms with Crippen LogP contribution < -0.4 is 10.1 Å². The number of hydrogen-bond acceptors (Lipinski definition) is 2. The second kappa shape index (κ2) is 5.94. The standard InChI is InChI=1S/C21H27NO2/c1-3-4-17-10-18(5-6-19(17)24-2)20(23)22-21-11-14-7-15(12-21)9-16(8-14)13-21/h3,5-6,10,14-16H,1,4,7-9,11-13H2,2H3,(H,22,23). The van der Waals surface area contributed by atoms with Crippen LogP contribution in [0, 0.1) is 17.8 Å². The summed E-state index contributed by atoms with van der Waals surface area (Å²) in [7, 11) is 1.66. The number of carbonyl (C=O) groups excluding carboxylic acids is 1. The minimum atomic E-state index is 0.0599. The van der Waals surface area contributed by atoms with Gasteiger partial charge in [0.15, 0.2) is 0 Å². The fraction of sp³-hybridized carbons (Fsp3) is 0.571. The highest BCUT2D eigenvalue weighted by atomic mass is 16.5. The zero-order valence-corrected chi connectivity index (χ0v) is 14.5. The first kappa shape index (κ1) is 15.7. The predicted octanol–water partition coefficient (Wildman–Crippen LogP) is 4.12. The van der Waals surface area contributed by atoms with Gasteiger partial charge >= 0.3 is 0 Å². The van der Waals surface area contributed by atoms with Gasteiger partial charge in [-0.2, -0.15) is 0 Å². The van der Waals surface area contributed by atoms with Gasteiger partial charge in [-0.25, -0.2) is 0 Å². The second-order valence-corrected chi connectivity index (χ2v) is 8.17. The van der Waals surface area contributed by atoms with Crippen LogP contribution >= 0.6 is 0 Å². The summed E-state index contributed by atoms with van der Waals surface area (Å²) in [6.45, 7) is 3.80. The lowest BCUT2D eigenvalue weighted by Crippen LogP contribution is -2.59. The topological polar surface area (TPSA) is 38.3 Å². The molecule has 0 spiro atoms. The van der Waals surface area contributed by atoms with Crippen molar-refractivity contribution in [1.82, 2.24) is 5.32 Å². The van der Waals surface area contributed by atoms with Gasteiger partial charge in [-0.1, -0.05) is 6.08 Å². The number of ether oxygens (including phenoxy) is 1. The van der Waals surface area contributed by atoms with E-state index in [-0.39, 0.29) is 11.4 Å². The van der Waals surface area contributed by atoms with E-state index in [0.29, 0.717) is 6.42 Å². The highest BCUT2D eigenvalue weighted by molar-refractivity contribution is 5.95. The molecule has 24 heavy (non-hydrogen) atoms. The Morgan fingerprint density at radius 1 is 1.25 bits per heavy atom. The Kier molecular flexibility index (Phi) is 3.90. The molecule has 1 amide bonds. The van der Waals surface area contributed by atoms with Crippen molar-refractivity contribution in [1.29, 1.82) is 0 Å². The molecule has 0 heterocycles. The van der Waals surface area contributed by atoms with Crippen LogP contribution in [0.5, 0.6) is 5.75 Å². The number of rotatable bonds is 5. The molecule has 4 aliphatic rings. The summed E-state index contributed by atoms with van der Waals surface area (Å²) in [5.74, 6) is 3.41. The molecule has 4 saturated carbocycles. The van der Waals surface area contributed by atoms with Crippen molar-refractivity contribution in [3.63, 3.8) is 0 Å². The molecule has 4 fully saturated rings. The Morgan fingerprint density at radius 3 is 2.42 bits per heavy atom. The molecule has 3 nitrogen and oxygen atoms in total. The Labute approximate surface area is 144 Å². The van der Waals surface area contributed by atoms with Gasteiger partial charge in [-0.05, 0) is 86.5 Å². The Bertz CT molecular complexity index is 629. The van der Waals surface area contributed by atoms with Crippen molar-refractivity contribution in [3.05, 3.63) is 42.0 Å². The molecule has 1 N–H and O–H groups in total. The molecule has 0 unspecified atom stereocenters. The molecular formula is C21H27NO2. The summed E-state index contributed by atoms with van der Waals surface area (Å²) in [4.78, 5) is 12.9. The highest BCUT2D eigenvalue weighted by Gasteiger charge is 2.51. The predicted molar refractivity (Wildman–Crippen MR) is 95.3 cm³/mol. The van der Waals surface area contributed by atoms with Gasteiger partial charge in [0, 0.05) is 11.1 Å². The van der Waals surface area contributed by atoms with Gasteiger partial charge < -0.3 is 10.1 Å². The van der Waals surface area contributed by atoms with Crippen LogP contribution in [0.15, 0.2) is 30.9 Å². The Hall–Kier alpha value is -1.77. The first-order valence-corrected chi connectivity index (χ1v) is 9.21. The normalized spacial score (nSPS) is 33.3. The van der Waals surface area contributed by atoms with Crippen molar-refractivity contribution in [2.75, 3.05) is 7.11 Å². The van der Waals surface area contributed by atoms with Crippen LogP contribution in [0.4, 0.5) is 0 Å². The minimum Gasteiger partial charge on any atom is -0.496 e. The van der Waals surface area contributed by atoms with Gasteiger partial charge in [-0.3, -0.25) is 4.79 Å². The van der Waals surface area contributed by atoms with Crippen molar-refractivity contribution in [2.24, 2.45) is 17.8 Å². The van der Waals surface area contributed by atoms with Crippen molar-refractivity contribution in [2.45, 2.75) is 50.5 Å². The molecule has 5 rings (SSSR count). The molecule has 0 radical (unpaired) electrons. The summed E-state index contributed by atoms with van der Waals surface area (Å²) < 4.78 is 5.39. The zero-order chi connectivity index (χ0) is 16.7. The number of benzene rings is 1. The lowest BCUT2D eigenvalue weighted by Gasteiger charge is -2.56. The van der Waals surface area contributed by atoms with Crippen molar-refractivity contribution < 1.29 is 9.53 Å². The minimum absolute atomic E-state index is 0.0599. The fourth-order valence-electron chi connectivity index (χ4n) is 5.81. The lowest BCUT2D eigenvalue weighted by molar-refractivity contribution is -0.0167. The molecular weight excluding hydrogens is 298 g/mol. The first-order valence-electron chi connectivity index (χ1n) is 9.21. The third kappa shape index (κ3) is 2.74. The van der Waals surface area contributed by atoms with Gasteiger partial charge in [0.05, 0.1) is 7.11 Å². The van der Waals surface area contributed by atoms with E-state index >= 15 is 0 Å². The number of allylic oxidation sites excluding steroid dienone is 1. The lowest BCUT2D eigenvalue weighted by atomic mass is 9.53. The van der Waals surface area contributed by atoms with E-state index in [1.807, 2.05) is 24.3 Å². The third-order valence-corrected chi connectivity index (χ3v) is 6.32. The fourth-order valence-corrected chi connectivity index (χ4v) is 5.81. The molecule has 1 aromatic carbocycles. The highest BCUT2D eigenvalue weighted by Crippen LogP contribution is 2.55. The first-order chi connectivity index (χ1) is 11.6. The van der Waals surface area contributed by atoms with Crippen LogP contribution in [0.2, 0.25) is 0 Å². The molecule has 4 aliphatic carbocycles. The average Bonchev–Trinajstić information content (AvgIpc) is 2.53. The summed E-state index contributed by atoms with van der Waals surface area (Å²) in [6, 6.07) is 5.73. The number of hydrogen-bond donors (Lipinski definition) is 1. The van der Waals surface area contributed by atoms with E-state index in [2.05, 4.69) is 11.9 Å².